The van der Waals surface area contributed by atoms with Gasteiger partial charge in [0.1, 0.15) is 0 Å². The maximum absolute atomic E-state index is 12.5. The third-order valence-corrected chi connectivity index (χ3v) is 2.88. The Morgan fingerprint density at radius 1 is 1.33 bits per heavy atom. The Morgan fingerprint density at radius 3 is 2.44 bits per heavy atom. The minimum absolute atomic E-state index is 0.174. The van der Waals surface area contributed by atoms with Crippen LogP contribution in [0.4, 0.5) is 13.2 Å². The molecule has 1 aromatic carbocycles. The molecule has 0 saturated heterocycles. The lowest BCUT2D eigenvalue weighted by molar-refractivity contribution is -0.150. The third-order valence-electron chi connectivity index (χ3n) is 2.88. The molecule has 5 heteroatoms. The predicted octanol–water partition coefficient (Wildman–Crippen LogP) is 2.88. The first-order valence-corrected chi connectivity index (χ1v) is 5.94. The number of alkyl halides is 3. The van der Waals surface area contributed by atoms with Crippen LogP contribution in [0.25, 0.3) is 0 Å². The van der Waals surface area contributed by atoms with Gasteiger partial charge in [0.2, 0.25) is 0 Å². The molecule has 18 heavy (non-hydrogen) atoms. The van der Waals surface area contributed by atoms with Crippen LogP contribution in [0.3, 0.4) is 0 Å². The molecule has 0 bridgehead atoms. The molecular formula is C13H19F3N2. The summed E-state index contributed by atoms with van der Waals surface area (Å²) in [6, 6.07) is 7.07. The molecule has 0 fully saturated rings. The summed E-state index contributed by atoms with van der Waals surface area (Å²) in [6.07, 6.45) is -4.20. The zero-order valence-corrected chi connectivity index (χ0v) is 10.7. The van der Waals surface area contributed by atoms with Crippen molar-refractivity contribution in [2.24, 2.45) is 5.73 Å². The van der Waals surface area contributed by atoms with Crippen LogP contribution in [0.1, 0.15) is 24.1 Å². The molecule has 0 aliphatic heterocycles. The highest BCUT2D eigenvalue weighted by molar-refractivity contribution is 5.25. The van der Waals surface area contributed by atoms with E-state index in [0.717, 1.165) is 11.1 Å². The van der Waals surface area contributed by atoms with E-state index in [9.17, 15) is 13.2 Å². The Balaban J connectivity index is 2.93. The van der Waals surface area contributed by atoms with Crippen molar-refractivity contribution < 1.29 is 13.2 Å². The molecule has 0 aliphatic rings. The Morgan fingerprint density at radius 2 is 2.00 bits per heavy atom. The average Bonchev–Trinajstić information content (AvgIpc) is 2.27. The second-order valence-corrected chi connectivity index (χ2v) is 4.34. The van der Waals surface area contributed by atoms with E-state index in [0.29, 0.717) is 6.54 Å². The van der Waals surface area contributed by atoms with Crippen LogP contribution in [0.15, 0.2) is 24.3 Å². The summed E-state index contributed by atoms with van der Waals surface area (Å²) in [7, 11) is 0. The lowest BCUT2D eigenvalue weighted by atomic mass is 10.0. The molecule has 102 valence electrons. The van der Waals surface area contributed by atoms with Gasteiger partial charge in [-0.25, -0.2) is 0 Å². The van der Waals surface area contributed by atoms with E-state index in [1.807, 2.05) is 31.2 Å². The van der Waals surface area contributed by atoms with E-state index >= 15 is 0 Å². The number of aryl methyl sites for hydroxylation is 1. The van der Waals surface area contributed by atoms with Crippen molar-refractivity contribution in [3.8, 4) is 0 Å². The van der Waals surface area contributed by atoms with Gasteiger partial charge in [-0.15, -0.1) is 0 Å². The van der Waals surface area contributed by atoms with Gasteiger partial charge in [0.25, 0.3) is 0 Å². The van der Waals surface area contributed by atoms with Crippen LogP contribution in [0, 0.1) is 6.92 Å². The molecule has 0 aromatic heterocycles. The molecule has 0 aliphatic carbocycles. The number of halogens is 3. The summed E-state index contributed by atoms with van der Waals surface area (Å²) in [6.45, 7) is 3.18. The van der Waals surface area contributed by atoms with Gasteiger partial charge in [-0.2, -0.15) is 13.2 Å². The van der Waals surface area contributed by atoms with Gasteiger partial charge in [-0.05, 0) is 19.0 Å². The van der Waals surface area contributed by atoms with Crippen LogP contribution >= 0.6 is 0 Å². The van der Waals surface area contributed by atoms with Gasteiger partial charge in [0.15, 0.2) is 0 Å². The maximum Gasteiger partial charge on any atom is 0.401 e. The molecule has 0 saturated carbocycles. The van der Waals surface area contributed by atoms with E-state index in [2.05, 4.69) is 0 Å². The first-order chi connectivity index (χ1) is 8.37. The van der Waals surface area contributed by atoms with E-state index in [-0.39, 0.29) is 6.54 Å². The standard InChI is InChI=1S/C13H19F3N2/c1-3-18(9-13(14,15)16)12(8-17)11-6-4-5-10(2)7-11/h4-7,12H,3,8-9,17H2,1-2H3. The maximum atomic E-state index is 12.5. The second-order valence-electron chi connectivity index (χ2n) is 4.34. The minimum atomic E-state index is -4.20. The Kier molecular flexibility index (Phi) is 5.16. The fraction of sp³-hybridized carbons (Fsp3) is 0.538. The SMILES string of the molecule is CCN(CC(F)(F)F)C(CN)c1cccc(C)c1. The van der Waals surface area contributed by atoms with Crippen LogP contribution in [0.5, 0.6) is 0 Å². The Bertz CT molecular complexity index is 377. The predicted molar refractivity (Wildman–Crippen MR) is 66.3 cm³/mol. The number of nitrogens with zero attached hydrogens (tertiary/aromatic N) is 1. The van der Waals surface area contributed by atoms with Gasteiger partial charge in [0.05, 0.1) is 6.54 Å². The van der Waals surface area contributed by atoms with Crippen molar-refractivity contribution in [1.29, 1.82) is 0 Å². The van der Waals surface area contributed by atoms with Crippen LogP contribution in [-0.4, -0.2) is 30.7 Å². The first kappa shape index (κ1) is 15.0. The van der Waals surface area contributed by atoms with E-state index < -0.39 is 18.8 Å². The van der Waals surface area contributed by atoms with Gasteiger partial charge in [-0.1, -0.05) is 36.8 Å². The first-order valence-electron chi connectivity index (χ1n) is 5.94. The molecule has 1 atom stereocenters. The zero-order valence-electron chi connectivity index (χ0n) is 10.7. The fourth-order valence-electron chi connectivity index (χ4n) is 2.05. The number of likely N-dealkylation sites (N-methyl/N-ethyl adjacent to an activating group) is 1. The van der Waals surface area contributed by atoms with E-state index in [1.54, 1.807) is 6.92 Å². The summed E-state index contributed by atoms with van der Waals surface area (Å²) < 4.78 is 37.5. The molecule has 1 aromatic rings. The van der Waals surface area contributed by atoms with E-state index in [1.165, 1.54) is 4.90 Å². The quantitative estimate of drug-likeness (QED) is 0.882. The Labute approximate surface area is 106 Å². The molecule has 0 heterocycles. The summed E-state index contributed by atoms with van der Waals surface area (Å²) in [5.74, 6) is 0. The lowest BCUT2D eigenvalue weighted by Crippen LogP contribution is -2.40. The number of hydrogen-bond donors (Lipinski definition) is 1. The van der Waals surface area contributed by atoms with Crippen LogP contribution in [-0.2, 0) is 0 Å². The normalized spacial score (nSPS) is 13.9. The van der Waals surface area contributed by atoms with Gasteiger partial charge in [0, 0.05) is 12.6 Å². The molecule has 2 N–H and O–H groups in total. The van der Waals surface area contributed by atoms with Crippen LogP contribution in [0.2, 0.25) is 0 Å². The molecule has 1 unspecified atom stereocenters. The molecule has 0 amide bonds. The minimum Gasteiger partial charge on any atom is -0.329 e. The average molecular weight is 260 g/mol. The molecule has 0 radical (unpaired) electrons. The highest BCUT2D eigenvalue weighted by atomic mass is 19.4. The largest absolute Gasteiger partial charge is 0.401 e. The zero-order chi connectivity index (χ0) is 13.8. The number of nitrogens with two attached hydrogens (primary N) is 1. The molecule has 1 rings (SSSR count). The topological polar surface area (TPSA) is 29.3 Å². The van der Waals surface area contributed by atoms with Crippen molar-refractivity contribution in [3.05, 3.63) is 35.4 Å². The van der Waals surface area contributed by atoms with Crippen molar-refractivity contribution in [2.45, 2.75) is 26.1 Å². The molecule has 0 spiro atoms. The summed E-state index contributed by atoms with van der Waals surface area (Å²) >= 11 is 0. The monoisotopic (exact) mass is 260 g/mol. The van der Waals surface area contributed by atoms with Gasteiger partial charge in [-0.3, -0.25) is 4.90 Å². The van der Waals surface area contributed by atoms with Crippen molar-refractivity contribution in [1.82, 2.24) is 4.90 Å². The van der Waals surface area contributed by atoms with Crippen molar-refractivity contribution in [3.63, 3.8) is 0 Å². The smallest absolute Gasteiger partial charge is 0.329 e. The second kappa shape index (κ2) is 6.20. The van der Waals surface area contributed by atoms with Crippen molar-refractivity contribution in [2.75, 3.05) is 19.6 Å². The Hall–Kier alpha value is -1.07. The summed E-state index contributed by atoms with van der Waals surface area (Å²) in [4.78, 5) is 1.36. The van der Waals surface area contributed by atoms with E-state index in [4.69, 9.17) is 5.73 Å². The summed E-state index contributed by atoms with van der Waals surface area (Å²) in [5, 5.41) is 0. The van der Waals surface area contributed by atoms with Gasteiger partial charge < -0.3 is 5.73 Å². The lowest BCUT2D eigenvalue weighted by Gasteiger charge is -2.31. The van der Waals surface area contributed by atoms with Crippen molar-refractivity contribution >= 4 is 0 Å². The number of benzene rings is 1. The fourth-order valence-corrected chi connectivity index (χ4v) is 2.05. The number of rotatable bonds is 5. The highest BCUT2D eigenvalue weighted by Gasteiger charge is 2.33. The number of hydrogen-bond acceptors (Lipinski definition) is 2. The summed E-state index contributed by atoms with van der Waals surface area (Å²) in [5.41, 5.74) is 7.50. The molecule has 2 nitrogen and oxygen atoms in total. The van der Waals surface area contributed by atoms with Gasteiger partial charge >= 0.3 is 6.18 Å². The third kappa shape index (κ3) is 4.31. The highest BCUT2D eigenvalue weighted by Crippen LogP contribution is 2.25. The molecular weight excluding hydrogens is 241 g/mol. The van der Waals surface area contributed by atoms with Crippen LogP contribution < -0.4 is 5.73 Å².